The van der Waals surface area contributed by atoms with E-state index in [0.717, 1.165) is 24.2 Å². The van der Waals surface area contributed by atoms with Crippen molar-refractivity contribution >= 4 is 18.1 Å². The van der Waals surface area contributed by atoms with Crippen LogP contribution in [0.5, 0.6) is 0 Å². The monoisotopic (exact) mass is 282 g/mol. The van der Waals surface area contributed by atoms with Crippen LogP contribution in [0.1, 0.15) is 45.1 Å². The maximum absolute atomic E-state index is 5.87. The van der Waals surface area contributed by atoms with E-state index in [-0.39, 0.29) is 12.4 Å². The Balaban J connectivity index is 0.00000180. The van der Waals surface area contributed by atoms with Gasteiger partial charge in [-0.2, -0.15) is 0 Å². The number of rotatable bonds is 5. The van der Waals surface area contributed by atoms with Gasteiger partial charge in [-0.1, -0.05) is 38.8 Å². The molecule has 1 aromatic carbocycles. The molecule has 0 bridgehead atoms. The van der Waals surface area contributed by atoms with E-state index in [4.69, 9.17) is 5.73 Å². The molecule has 1 fully saturated rings. The lowest BCUT2D eigenvalue weighted by Gasteiger charge is -2.30. The predicted octanol–water partition coefficient (Wildman–Crippen LogP) is 4.09. The van der Waals surface area contributed by atoms with Gasteiger partial charge < -0.3 is 5.73 Å². The number of nitrogens with two attached hydrogens (primary N) is 1. The van der Waals surface area contributed by atoms with Gasteiger partial charge >= 0.3 is 0 Å². The third kappa shape index (κ3) is 5.04. The molecule has 2 N–H and O–H groups in total. The van der Waals surface area contributed by atoms with Gasteiger partial charge in [-0.3, -0.25) is 4.90 Å². The number of anilines is 1. The van der Waals surface area contributed by atoms with Crippen LogP contribution in [0.4, 0.5) is 5.69 Å². The van der Waals surface area contributed by atoms with Crippen LogP contribution < -0.4 is 5.73 Å². The van der Waals surface area contributed by atoms with Gasteiger partial charge in [-0.15, -0.1) is 12.4 Å². The summed E-state index contributed by atoms with van der Waals surface area (Å²) in [7, 11) is 0. The van der Waals surface area contributed by atoms with Crippen molar-refractivity contribution in [2.45, 2.75) is 52.1 Å². The topological polar surface area (TPSA) is 29.3 Å². The van der Waals surface area contributed by atoms with Crippen LogP contribution in [0.15, 0.2) is 24.3 Å². The van der Waals surface area contributed by atoms with Gasteiger partial charge in [0.25, 0.3) is 0 Å². The van der Waals surface area contributed by atoms with Crippen molar-refractivity contribution in [3.63, 3.8) is 0 Å². The molecule has 19 heavy (non-hydrogen) atoms. The first kappa shape index (κ1) is 16.3. The summed E-state index contributed by atoms with van der Waals surface area (Å²) in [5.41, 5.74) is 8.10. The van der Waals surface area contributed by atoms with Gasteiger partial charge in [0.05, 0.1) is 0 Å². The summed E-state index contributed by atoms with van der Waals surface area (Å²) in [6, 6.07) is 9.12. The van der Waals surface area contributed by atoms with E-state index in [1.54, 1.807) is 0 Å². The van der Waals surface area contributed by atoms with Crippen molar-refractivity contribution in [1.29, 1.82) is 0 Å². The molecule has 2 nitrogen and oxygen atoms in total. The van der Waals surface area contributed by atoms with Crippen LogP contribution >= 0.6 is 12.4 Å². The Hall–Kier alpha value is -0.730. The van der Waals surface area contributed by atoms with E-state index in [2.05, 4.69) is 36.9 Å². The molecule has 3 heteroatoms. The Morgan fingerprint density at radius 3 is 2.53 bits per heavy atom. The van der Waals surface area contributed by atoms with Crippen LogP contribution in [0.2, 0.25) is 0 Å². The Labute approximate surface area is 123 Å². The van der Waals surface area contributed by atoms with E-state index in [1.165, 1.54) is 37.8 Å². The molecular weight excluding hydrogens is 256 g/mol. The zero-order valence-corrected chi connectivity index (χ0v) is 13.0. The highest BCUT2D eigenvalue weighted by molar-refractivity contribution is 5.85. The second-order valence-corrected chi connectivity index (χ2v) is 6.01. The van der Waals surface area contributed by atoms with E-state index < -0.39 is 0 Å². The normalized spacial score (nSPS) is 16.0. The molecule has 1 saturated carbocycles. The van der Waals surface area contributed by atoms with Gasteiger partial charge in [-0.25, -0.2) is 0 Å². The molecule has 0 unspecified atom stereocenters. The molecule has 0 spiro atoms. The van der Waals surface area contributed by atoms with Crippen LogP contribution in [0, 0.1) is 5.92 Å². The third-order valence-corrected chi connectivity index (χ3v) is 3.78. The summed E-state index contributed by atoms with van der Waals surface area (Å²) in [6.45, 7) is 6.86. The molecule has 1 aliphatic carbocycles. The molecule has 1 aliphatic rings. The Morgan fingerprint density at radius 2 is 1.95 bits per heavy atom. The first-order valence-electron chi connectivity index (χ1n) is 7.23. The lowest BCUT2D eigenvalue weighted by Crippen LogP contribution is -2.35. The molecule has 0 aromatic heterocycles. The zero-order chi connectivity index (χ0) is 13.0. The highest BCUT2D eigenvalue weighted by Crippen LogP contribution is 2.26. The summed E-state index contributed by atoms with van der Waals surface area (Å²) in [4.78, 5) is 2.66. The maximum atomic E-state index is 5.87. The molecule has 0 aliphatic heterocycles. The third-order valence-electron chi connectivity index (χ3n) is 3.78. The maximum Gasteiger partial charge on any atom is 0.0317 e. The lowest BCUT2D eigenvalue weighted by molar-refractivity contribution is 0.168. The fourth-order valence-corrected chi connectivity index (χ4v) is 3.01. The van der Waals surface area contributed by atoms with Crippen molar-refractivity contribution in [2.75, 3.05) is 12.3 Å². The smallest absolute Gasteiger partial charge is 0.0317 e. The molecule has 0 atom stereocenters. The van der Waals surface area contributed by atoms with Crippen molar-refractivity contribution in [3.8, 4) is 0 Å². The predicted molar refractivity (Wildman–Crippen MR) is 85.6 cm³/mol. The summed E-state index contributed by atoms with van der Waals surface area (Å²) < 4.78 is 0. The van der Waals surface area contributed by atoms with Crippen molar-refractivity contribution < 1.29 is 0 Å². The minimum Gasteiger partial charge on any atom is -0.399 e. The molecule has 0 saturated heterocycles. The second-order valence-electron chi connectivity index (χ2n) is 6.01. The number of halogens is 1. The molecule has 0 heterocycles. The molecular formula is C16H27ClN2. The summed E-state index contributed by atoms with van der Waals surface area (Å²) in [6.07, 6.45) is 5.54. The van der Waals surface area contributed by atoms with Crippen molar-refractivity contribution in [1.82, 2.24) is 4.90 Å². The van der Waals surface area contributed by atoms with E-state index in [9.17, 15) is 0 Å². The number of benzene rings is 1. The van der Waals surface area contributed by atoms with Crippen LogP contribution in [0.3, 0.4) is 0 Å². The SMILES string of the molecule is CC(C)CN(Cc1cccc(N)c1)C1CCCC1.Cl. The Kier molecular flexibility index (Phi) is 6.67. The summed E-state index contributed by atoms with van der Waals surface area (Å²) >= 11 is 0. The minimum absolute atomic E-state index is 0. The second kappa shape index (κ2) is 7.76. The van der Waals surface area contributed by atoms with Gasteiger partial charge in [0.1, 0.15) is 0 Å². The van der Waals surface area contributed by atoms with Gasteiger partial charge in [0.15, 0.2) is 0 Å². The van der Waals surface area contributed by atoms with Crippen molar-refractivity contribution in [2.24, 2.45) is 5.92 Å². The van der Waals surface area contributed by atoms with Crippen LogP contribution in [-0.4, -0.2) is 17.5 Å². The highest BCUT2D eigenvalue weighted by Gasteiger charge is 2.23. The van der Waals surface area contributed by atoms with Crippen LogP contribution in [0.25, 0.3) is 0 Å². The fraction of sp³-hybridized carbons (Fsp3) is 0.625. The largest absolute Gasteiger partial charge is 0.399 e. The standard InChI is InChI=1S/C16H26N2.ClH/c1-13(2)11-18(16-8-3-4-9-16)12-14-6-5-7-15(17)10-14;/h5-7,10,13,16H,3-4,8-9,11-12,17H2,1-2H3;1H. The summed E-state index contributed by atoms with van der Waals surface area (Å²) in [5, 5.41) is 0. The number of nitrogens with zero attached hydrogens (tertiary/aromatic N) is 1. The molecule has 0 radical (unpaired) electrons. The molecule has 2 rings (SSSR count). The van der Waals surface area contributed by atoms with Crippen molar-refractivity contribution in [3.05, 3.63) is 29.8 Å². The first-order valence-corrected chi connectivity index (χ1v) is 7.23. The number of hydrogen-bond acceptors (Lipinski definition) is 2. The van der Waals surface area contributed by atoms with Gasteiger partial charge in [0, 0.05) is 24.8 Å². The first-order chi connectivity index (χ1) is 8.65. The quantitative estimate of drug-likeness (QED) is 0.824. The fourth-order valence-electron chi connectivity index (χ4n) is 3.01. The van der Waals surface area contributed by atoms with Gasteiger partial charge in [-0.05, 0) is 36.5 Å². The molecule has 1 aromatic rings. The lowest BCUT2D eigenvalue weighted by atomic mass is 10.1. The Bertz CT molecular complexity index is 373. The minimum atomic E-state index is 0. The average molecular weight is 283 g/mol. The molecule has 108 valence electrons. The van der Waals surface area contributed by atoms with E-state index in [1.807, 2.05) is 6.07 Å². The van der Waals surface area contributed by atoms with Gasteiger partial charge in [0.2, 0.25) is 0 Å². The Morgan fingerprint density at radius 1 is 1.26 bits per heavy atom. The van der Waals surface area contributed by atoms with E-state index in [0.29, 0.717) is 0 Å². The summed E-state index contributed by atoms with van der Waals surface area (Å²) in [5.74, 6) is 0.728. The average Bonchev–Trinajstić information content (AvgIpc) is 2.80. The zero-order valence-electron chi connectivity index (χ0n) is 12.1. The van der Waals surface area contributed by atoms with E-state index >= 15 is 0 Å². The number of hydrogen-bond donors (Lipinski definition) is 1. The number of nitrogen functional groups attached to an aromatic ring is 1. The van der Waals surface area contributed by atoms with Crippen LogP contribution in [-0.2, 0) is 6.54 Å². The highest BCUT2D eigenvalue weighted by atomic mass is 35.5. The molecule has 0 amide bonds.